The van der Waals surface area contributed by atoms with Crippen molar-refractivity contribution < 1.29 is 9.60 Å². The first-order chi connectivity index (χ1) is 10.2. The SMILES string of the molecule is NC(=NO)c1c(F)cccc1N(Cc1ccsc1)C1CC1. The van der Waals surface area contributed by atoms with Crippen LogP contribution in [0.1, 0.15) is 24.0 Å². The van der Waals surface area contributed by atoms with Gasteiger partial charge in [0.15, 0.2) is 5.84 Å². The minimum Gasteiger partial charge on any atom is -0.409 e. The second-order valence-electron chi connectivity index (χ2n) is 5.11. The summed E-state index contributed by atoms with van der Waals surface area (Å²) in [6.45, 7) is 0.698. The zero-order valence-corrected chi connectivity index (χ0v) is 12.2. The number of rotatable bonds is 5. The number of amidine groups is 1. The fraction of sp³-hybridized carbons (Fsp3) is 0.267. The Balaban J connectivity index is 2.01. The van der Waals surface area contributed by atoms with Crippen molar-refractivity contribution >= 4 is 22.9 Å². The summed E-state index contributed by atoms with van der Waals surface area (Å²) >= 11 is 1.64. The third-order valence-electron chi connectivity index (χ3n) is 3.59. The quantitative estimate of drug-likeness (QED) is 0.386. The summed E-state index contributed by atoms with van der Waals surface area (Å²) in [5, 5.41) is 16.0. The highest BCUT2D eigenvalue weighted by Gasteiger charge is 2.32. The van der Waals surface area contributed by atoms with Gasteiger partial charge in [0.1, 0.15) is 5.82 Å². The summed E-state index contributed by atoms with van der Waals surface area (Å²) in [6.07, 6.45) is 2.16. The molecule has 1 fully saturated rings. The van der Waals surface area contributed by atoms with E-state index < -0.39 is 5.82 Å². The number of anilines is 1. The van der Waals surface area contributed by atoms with Gasteiger partial charge in [-0.25, -0.2) is 4.39 Å². The largest absolute Gasteiger partial charge is 0.409 e. The molecule has 1 aromatic carbocycles. The van der Waals surface area contributed by atoms with Gasteiger partial charge in [-0.2, -0.15) is 11.3 Å². The first-order valence-electron chi connectivity index (χ1n) is 6.75. The summed E-state index contributed by atoms with van der Waals surface area (Å²) in [4.78, 5) is 2.14. The highest BCUT2D eigenvalue weighted by molar-refractivity contribution is 7.07. The van der Waals surface area contributed by atoms with Crippen molar-refractivity contribution in [3.05, 3.63) is 52.0 Å². The van der Waals surface area contributed by atoms with E-state index in [1.165, 1.54) is 11.6 Å². The lowest BCUT2D eigenvalue weighted by Gasteiger charge is -2.26. The van der Waals surface area contributed by atoms with Gasteiger partial charge in [0.25, 0.3) is 0 Å². The number of nitrogens with zero attached hydrogens (tertiary/aromatic N) is 2. The van der Waals surface area contributed by atoms with E-state index in [1.807, 2.05) is 11.4 Å². The molecule has 3 rings (SSSR count). The molecular weight excluding hydrogens is 289 g/mol. The van der Waals surface area contributed by atoms with Gasteiger partial charge in [-0.3, -0.25) is 0 Å². The summed E-state index contributed by atoms with van der Waals surface area (Å²) in [5.41, 5.74) is 7.69. The first kappa shape index (κ1) is 13.9. The van der Waals surface area contributed by atoms with E-state index in [2.05, 4.69) is 21.5 Å². The predicted molar refractivity (Wildman–Crippen MR) is 82.4 cm³/mol. The van der Waals surface area contributed by atoms with Crippen LogP contribution in [0.5, 0.6) is 0 Å². The van der Waals surface area contributed by atoms with E-state index >= 15 is 0 Å². The molecule has 1 aliphatic rings. The lowest BCUT2D eigenvalue weighted by molar-refractivity contribution is 0.318. The molecule has 1 saturated carbocycles. The van der Waals surface area contributed by atoms with Crippen LogP contribution in [0.15, 0.2) is 40.2 Å². The summed E-state index contributed by atoms with van der Waals surface area (Å²) in [7, 11) is 0. The minimum absolute atomic E-state index is 0.169. The van der Waals surface area contributed by atoms with Gasteiger partial charge in [-0.15, -0.1) is 0 Å². The summed E-state index contributed by atoms with van der Waals surface area (Å²) < 4.78 is 14.1. The highest BCUT2D eigenvalue weighted by Crippen LogP contribution is 2.36. The van der Waals surface area contributed by atoms with Gasteiger partial charge in [0, 0.05) is 12.6 Å². The van der Waals surface area contributed by atoms with Crippen LogP contribution < -0.4 is 10.6 Å². The van der Waals surface area contributed by atoms with Crippen molar-refractivity contribution in [2.75, 3.05) is 4.90 Å². The molecule has 6 heteroatoms. The second-order valence-corrected chi connectivity index (χ2v) is 5.89. The molecule has 0 unspecified atom stereocenters. The number of oxime groups is 1. The third-order valence-corrected chi connectivity index (χ3v) is 4.32. The van der Waals surface area contributed by atoms with Crippen molar-refractivity contribution in [1.29, 1.82) is 0 Å². The molecule has 110 valence electrons. The van der Waals surface area contributed by atoms with Crippen LogP contribution in [0, 0.1) is 5.82 Å². The van der Waals surface area contributed by atoms with Crippen molar-refractivity contribution in [2.45, 2.75) is 25.4 Å². The zero-order chi connectivity index (χ0) is 14.8. The second kappa shape index (κ2) is 5.73. The number of nitrogens with two attached hydrogens (primary N) is 1. The molecule has 4 nitrogen and oxygen atoms in total. The maximum Gasteiger partial charge on any atom is 0.175 e. The van der Waals surface area contributed by atoms with E-state index in [-0.39, 0.29) is 11.4 Å². The lowest BCUT2D eigenvalue weighted by atomic mass is 10.1. The van der Waals surface area contributed by atoms with E-state index in [4.69, 9.17) is 10.9 Å². The molecule has 21 heavy (non-hydrogen) atoms. The van der Waals surface area contributed by atoms with Crippen molar-refractivity contribution in [3.63, 3.8) is 0 Å². The molecule has 3 N–H and O–H groups in total. The maximum atomic E-state index is 14.1. The minimum atomic E-state index is -0.473. The number of hydrogen-bond donors (Lipinski definition) is 2. The van der Waals surface area contributed by atoms with Crippen LogP contribution in [-0.2, 0) is 6.54 Å². The van der Waals surface area contributed by atoms with E-state index in [9.17, 15) is 4.39 Å². The van der Waals surface area contributed by atoms with Gasteiger partial charge < -0.3 is 15.8 Å². The van der Waals surface area contributed by atoms with Gasteiger partial charge >= 0.3 is 0 Å². The molecule has 0 bridgehead atoms. The van der Waals surface area contributed by atoms with Gasteiger partial charge in [-0.05, 0) is 47.4 Å². The summed E-state index contributed by atoms with van der Waals surface area (Å²) in [6, 6.07) is 7.25. The van der Waals surface area contributed by atoms with Crippen LogP contribution >= 0.6 is 11.3 Å². The Hall–Kier alpha value is -2.08. The monoisotopic (exact) mass is 305 g/mol. The molecule has 0 radical (unpaired) electrons. The zero-order valence-electron chi connectivity index (χ0n) is 11.4. The number of halogens is 1. The highest BCUT2D eigenvalue weighted by atomic mass is 32.1. The molecule has 2 aromatic rings. The number of hydrogen-bond acceptors (Lipinski definition) is 4. The number of thiophene rings is 1. The van der Waals surface area contributed by atoms with Gasteiger partial charge in [0.05, 0.1) is 11.3 Å². The Morgan fingerprint density at radius 2 is 2.24 bits per heavy atom. The van der Waals surface area contributed by atoms with Gasteiger partial charge in [-0.1, -0.05) is 11.2 Å². The Labute approximate surface area is 126 Å². The van der Waals surface area contributed by atoms with Crippen LogP contribution in [-0.4, -0.2) is 17.1 Å². The Morgan fingerprint density at radius 3 is 2.86 bits per heavy atom. The normalized spacial score (nSPS) is 15.2. The molecule has 0 amide bonds. The summed E-state index contributed by atoms with van der Waals surface area (Å²) in [5.74, 6) is -0.669. The Morgan fingerprint density at radius 1 is 1.43 bits per heavy atom. The molecular formula is C15H16FN3OS. The standard InChI is InChI=1S/C15H16FN3OS/c16-12-2-1-3-13(14(12)15(17)18-20)19(11-4-5-11)8-10-6-7-21-9-10/h1-3,6-7,9,11,20H,4-5,8H2,(H2,17,18). The van der Waals surface area contributed by atoms with Crippen LogP contribution in [0.4, 0.5) is 10.1 Å². The average Bonchev–Trinajstić information content (AvgIpc) is 3.20. The molecule has 1 aromatic heterocycles. The third kappa shape index (κ3) is 2.85. The molecule has 1 aliphatic carbocycles. The Kier molecular flexibility index (Phi) is 3.79. The van der Waals surface area contributed by atoms with Crippen LogP contribution in [0.2, 0.25) is 0 Å². The van der Waals surface area contributed by atoms with Crippen LogP contribution in [0.25, 0.3) is 0 Å². The van der Waals surface area contributed by atoms with Crippen molar-refractivity contribution in [2.24, 2.45) is 10.9 Å². The molecule has 1 heterocycles. The average molecular weight is 305 g/mol. The van der Waals surface area contributed by atoms with E-state index in [0.717, 1.165) is 12.8 Å². The van der Waals surface area contributed by atoms with E-state index in [1.54, 1.807) is 17.4 Å². The predicted octanol–water partition coefficient (Wildman–Crippen LogP) is 3.15. The van der Waals surface area contributed by atoms with Crippen molar-refractivity contribution in [1.82, 2.24) is 0 Å². The first-order valence-corrected chi connectivity index (χ1v) is 7.69. The topological polar surface area (TPSA) is 61.9 Å². The lowest BCUT2D eigenvalue weighted by Crippen LogP contribution is -2.29. The van der Waals surface area contributed by atoms with Crippen LogP contribution in [0.3, 0.4) is 0 Å². The number of benzene rings is 1. The molecule has 0 spiro atoms. The molecule has 0 saturated heterocycles. The van der Waals surface area contributed by atoms with Gasteiger partial charge in [0.2, 0.25) is 0 Å². The smallest absolute Gasteiger partial charge is 0.175 e. The Bertz CT molecular complexity index is 653. The fourth-order valence-corrected chi connectivity index (χ4v) is 3.09. The molecule has 0 aliphatic heterocycles. The van der Waals surface area contributed by atoms with E-state index in [0.29, 0.717) is 18.3 Å². The maximum absolute atomic E-state index is 14.1. The fourth-order valence-electron chi connectivity index (χ4n) is 2.43. The molecule has 0 atom stereocenters. The van der Waals surface area contributed by atoms with Crippen molar-refractivity contribution in [3.8, 4) is 0 Å².